The van der Waals surface area contributed by atoms with Gasteiger partial charge in [-0.3, -0.25) is 14.6 Å². The minimum Gasteiger partial charge on any atom is -0.444 e. The highest BCUT2D eigenvalue weighted by Crippen LogP contribution is 2.05. The topological polar surface area (TPSA) is 109 Å². The van der Waals surface area contributed by atoms with Crippen molar-refractivity contribution in [3.05, 3.63) is 30.1 Å². The average Bonchev–Trinajstić information content (AvgIpc) is 2.48. The molecule has 0 fully saturated rings. The molecular formula is C15H22N4O4. The van der Waals surface area contributed by atoms with Crippen LogP contribution in [-0.2, 0) is 9.53 Å². The fraction of sp³-hybridized carbons (Fsp3) is 0.467. The predicted octanol–water partition coefficient (Wildman–Crippen LogP) is 0.452. The molecule has 23 heavy (non-hydrogen) atoms. The molecule has 3 N–H and O–H groups in total. The number of pyridine rings is 1. The van der Waals surface area contributed by atoms with Crippen molar-refractivity contribution in [2.75, 3.05) is 19.6 Å². The molecule has 0 aliphatic rings. The minimum absolute atomic E-state index is 0.187. The molecule has 0 radical (unpaired) electrons. The van der Waals surface area contributed by atoms with Gasteiger partial charge >= 0.3 is 6.09 Å². The van der Waals surface area contributed by atoms with E-state index in [2.05, 4.69) is 20.9 Å². The Morgan fingerprint density at radius 2 is 1.65 bits per heavy atom. The van der Waals surface area contributed by atoms with Crippen LogP contribution in [0.1, 0.15) is 31.1 Å². The first-order valence-electron chi connectivity index (χ1n) is 7.20. The highest BCUT2D eigenvalue weighted by atomic mass is 16.6. The fourth-order valence-corrected chi connectivity index (χ4v) is 1.51. The number of carbonyl (C=O) groups is 3. The second kappa shape index (κ2) is 8.72. The van der Waals surface area contributed by atoms with E-state index in [9.17, 15) is 14.4 Å². The molecular weight excluding hydrogens is 300 g/mol. The number of aromatic nitrogens is 1. The number of hydrogen-bond donors (Lipinski definition) is 3. The lowest BCUT2D eigenvalue weighted by molar-refractivity contribution is -0.120. The zero-order chi connectivity index (χ0) is 17.3. The molecule has 1 aromatic rings. The molecule has 1 aromatic heterocycles. The van der Waals surface area contributed by atoms with Gasteiger partial charge in [-0.15, -0.1) is 0 Å². The molecule has 8 nitrogen and oxygen atoms in total. The number of nitrogens with one attached hydrogen (secondary N) is 3. The summed E-state index contributed by atoms with van der Waals surface area (Å²) in [4.78, 5) is 38.4. The molecule has 1 heterocycles. The van der Waals surface area contributed by atoms with Crippen LogP contribution in [0, 0.1) is 0 Å². The maximum Gasteiger partial charge on any atom is 0.408 e. The van der Waals surface area contributed by atoms with Crippen molar-refractivity contribution in [2.24, 2.45) is 0 Å². The molecule has 0 unspecified atom stereocenters. The molecule has 0 saturated heterocycles. The first-order valence-corrected chi connectivity index (χ1v) is 7.20. The predicted molar refractivity (Wildman–Crippen MR) is 83.8 cm³/mol. The molecule has 0 atom stereocenters. The summed E-state index contributed by atoms with van der Waals surface area (Å²) >= 11 is 0. The van der Waals surface area contributed by atoms with Gasteiger partial charge in [-0.25, -0.2) is 4.79 Å². The maximum atomic E-state index is 11.7. The number of amides is 3. The summed E-state index contributed by atoms with van der Waals surface area (Å²) in [5.41, 5.74) is -0.115. The molecule has 3 amide bonds. The van der Waals surface area contributed by atoms with Crippen LogP contribution < -0.4 is 16.0 Å². The Labute approximate surface area is 135 Å². The Hall–Kier alpha value is -2.64. The SMILES string of the molecule is CC(C)(C)OC(=O)NCC(=O)NCCNC(=O)c1ccncc1. The van der Waals surface area contributed by atoms with Crippen molar-refractivity contribution in [3.8, 4) is 0 Å². The second-order valence-corrected chi connectivity index (χ2v) is 5.70. The van der Waals surface area contributed by atoms with Crippen LogP contribution >= 0.6 is 0 Å². The highest BCUT2D eigenvalue weighted by Gasteiger charge is 2.16. The van der Waals surface area contributed by atoms with E-state index in [1.54, 1.807) is 32.9 Å². The van der Waals surface area contributed by atoms with Crippen molar-refractivity contribution in [1.82, 2.24) is 20.9 Å². The second-order valence-electron chi connectivity index (χ2n) is 5.70. The Kier molecular flexibility index (Phi) is 6.98. The summed E-state index contributed by atoms with van der Waals surface area (Å²) in [6.45, 7) is 5.55. The molecule has 0 aliphatic heterocycles. The van der Waals surface area contributed by atoms with E-state index in [1.807, 2.05) is 0 Å². The van der Waals surface area contributed by atoms with Gasteiger partial charge in [-0.2, -0.15) is 0 Å². The van der Waals surface area contributed by atoms with Crippen molar-refractivity contribution in [3.63, 3.8) is 0 Å². The minimum atomic E-state index is -0.654. The molecule has 0 spiro atoms. The number of rotatable bonds is 6. The van der Waals surface area contributed by atoms with Gasteiger partial charge in [-0.05, 0) is 32.9 Å². The number of ether oxygens (including phenoxy) is 1. The molecule has 1 rings (SSSR count). The quantitative estimate of drug-likeness (QED) is 0.659. The van der Waals surface area contributed by atoms with E-state index in [1.165, 1.54) is 12.4 Å². The number of carbonyl (C=O) groups excluding carboxylic acids is 3. The van der Waals surface area contributed by atoms with Crippen LogP contribution in [0.15, 0.2) is 24.5 Å². The standard InChI is InChI=1S/C15H22N4O4/c1-15(2,3)23-14(22)19-10-12(20)17-8-9-18-13(21)11-4-6-16-7-5-11/h4-7H,8-10H2,1-3H3,(H,17,20)(H,18,21)(H,19,22). The van der Waals surface area contributed by atoms with Crippen molar-refractivity contribution in [1.29, 1.82) is 0 Å². The molecule has 0 bridgehead atoms. The highest BCUT2D eigenvalue weighted by molar-refractivity contribution is 5.94. The lowest BCUT2D eigenvalue weighted by atomic mass is 10.2. The zero-order valence-electron chi connectivity index (χ0n) is 13.5. The number of alkyl carbamates (subject to hydrolysis) is 1. The van der Waals surface area contributed by atoms with Crippen LogP contribution in [-0.4, -0.2) is 48.1 Å². The van der Waals surface area contributed by atoms with E-state index < -0.39 is 11.7 Å². The lowest BCUT2D eigenvalue weighted by Crippen LogP contribution is -2.42. The third-order valence-corrected chi connectivity index (χ3v) is 2.47. The normalized spacial score (nSPS) is 10.6. The fourth-order valence-electron chi connectivity index (χ4n) is 1.51. The zero-order valence-corrected chi connectivity index (χ0v) is 13.5. The van der Waals surface area contributed by atoms with Gasteiger partial charge in [0.2, 0.25) is 5.91 Å². The summed E-state index contributed by atoms with van der Waals surface area (Å²) in [7, 11) is 0. The summed E-state index contributed by atoms with van der Waals surface area (Å²) in [6, 6.07) is 3.19. The summed E-state index contributed by atoms with van der Waals surface area (Å²) in [6.07, 6.45) is 2.40. The monoisotopic (exact) mass is 322 g/mol. The molecule has 0 aromatic carbocycles. The molecule has 8 heteroatoms. The third kappa shape index (κ3) is 8.40. The first-order chi connectivity index (χ1) is 10.8. The Bertz CT molecular complexity index is 540. The van der Waals surface area contributed by atoms with Crippen molar-refractivity contribution < 1.29 is 19.1 Å². The van der Waals surface area contributed by atoms with E-state index >= 15 is 0 Å². The maximum absolute atomic E-state index is 11.7. The van der Waals surface area contributed by atoms with E-state index in [4.69, 9.17) is 4.74 Å². The van der Waals surface area contributed by atoms with Crippen LogP contribution in [0.4, 0.5) is 4.79 Å². The van der Waals surface area contributed by atoms with Crippen LogP contribution in [0.25, 0.3) is 0 Å². The Morgan fingerprint density at radius 3 is 2.26 bits per heavy atom. The van der Waals surface area contributed by atoms with Crippen LogP contribution in [0.3, 0.4) is 0 Å². The van der Waals surface area contributed by atoms with Gasteiger partial charge in [0.05, 0.1) is 6.54 Å². The van der Waals surface area contributed by atoms with Gasteiger partial charge in [0, 0.05) is 31.0 Å². The van der Waals surface area contributed by atoms with E-state index in [0.717, 1.165) is 0 Å². The van der Waals surface area contributed by atoms with Crippen molar-refractivity contribution in [2.45, 2.75) is 26.4 Å². The largest absolute Gasteiger partial charge is 0.444 e. The third-order valence-electron chi connectivity index (χ3n) is 2.47. The van der Waals surface area contributed by atoms with Gasteiger partial charge in [0.1, 0.15) is 5.60 Å². The lowest BCUT2D eigenvalue weighted by Gasteiger charge is -2.19. The first kappa shape index (κ1) is 18.4. The number of hydrogen-bond acceptors (Lipinski definition) is 5. The molecule has 0 saturated carbocycles. The smallest absolute Gasteiger partial charge is 0.408 e. The summed E-state index contributed by atoms with van der Waals surface area (Å²) < 4.78 is 5.00. The van der Waals surface area contributed by atoms with Gasteiger partial charge in [0.15, 0.2) is 0 Å². The van der Waals surface area contributed by atoms with Gasteiger partial charge in [0.25, 0.3) is 5.91 Å². The van der Waals surface area contributed by atoms with Gasteiger partial charge < -0.3 is 20.7 Å². The van der Waals surface area contributed by atoms with Crippen LogP contribution in [0.2, 0.25) is 0 Å². The van der Waals surface area contributed by atoms with E-state index in [0.29, 0.717) is 5.56 Å². The average molecular weight is 322 g/mol. The van der Waals surface area contributed by atoms with E-state index in [-0.39, 0.29) is 31.4 Å². The summed E-state index contributed by atoms with van der Waals surface area (Å²) in [5, 5.41) is 7.58. The number of nitrogens with zero attached hydrogens (tertiary/aromatic N) is 1. The Balaban J connectivity index is 2.15. The summed E-state index contributed by atoms with van der Waals surface area (Å²) in [5.74, 6) is -0.609. The molecule has 126 valence electrons. The van der Waals surface area contributed by atoms with Crippen molar-refractivity contribution >= 4 is 17.9 Å². The van der Waals surface area contributed by atoms with Crippen LogP contribution in [0.5, 0.6) is 0 Å². The Morgan fingerprint density at radius 1 is 1.04 bits per heavy atom. The molecule has 0 aliphatic carbocycles. The van der Waals surface area contributed by atoms with Gasteiger partial charge in [-0.1, -0.05) is 0 Å².